The van der Waals surface area contributed by atoms with Crippen LogP contribution in [-0.4, -0.2) is 45.2 Å². The minimum absolute atomic E-state index is 0.575. The average molecular weight is 317 g/mol. The SMILES string of the molecule is CN=C(NCc1cccc(OC)c1OC)N1CCC2(CCC2)C1. The van der Waals surface area contributed by atoms with Crippen molar-refractivity contribution in [3.8, 4) is 11.5 Å². The zero-order valence-electron chi connectivity index (χ0n) is 14.4. The summed E-state index contributed by atoms with van der Waals surface area (Å²) in [5.74, 6) is 2.53. The molecule has 0 amide bonds. The summed E-state index contributed by atoms with van der Waals surface area (Å²) in [7, 11) is 5.20. The first kappa shape index (κ1) is 16.0. The first-order valence-corrected chi connectivity index (χ1v) is 8.37. The van der Waals surface area contributed by atoms with Crippen LogP contribution in [0.5, 0.6) is 11.5 Å². The lowest BCUT2D eigenvalue weighted by molar-refractivity contribution is 0.151. The fraction of sp³-hybridized carbons (Fsp3) is 0.611. The third-order valence-corrected chi connectivity index (χ3v) is 5.29. The minimum Gasteiger partial charge on any atom is -0.493 e. The van der Waals surface area contributed by atoms with Crippen LogP contribution >= 0.6 is 0 Å². The van der Waals surface area contributed by atoms with Gasteiger partial charge in [-0.3, -0.25) is 4.99 Å². The molecule has 1 aromatic rings. The number of para-hydroxylation sites is 1. The van der Waals surface area contributed by atoms with Crippen molar-refractivity contribution < 1.29 is 9.47 Å². The van der Waals surface area contributed by atoms with Crippen molar-refractivity contribution in [3.05, 3.63) is 23.8 Å². The Kier molecular flexibility index (Phi) is 4.64. The number of guanidine groups is 1. The largest absolute Gasteiger partial charge is 0.493 e. The predicted molar refractivity (Wildman–Crippen MR) is 92.2 cm³/mol. The van der Waals surface area contributed by atoms with Crippen LogP contribution in [0.3, 0.4) is 0 Å². The fourth-order valence-corrected chi connectivity index (χ4v) is 3.80. The molecule has 126 valence electrons. The molecule has 3 rings (SSSR count). The highest BCUT2D eigenvalue weighted by atomic mass is 16.5. The van der Waals surface area contributed by atoms with Gasteiger partial charge in [0.2, 0.25) is 0 Å². The van der Waals surface area contributed by atoms with Gasteiger partial charge in [-0.2, -0.15) is 0 Å². The van der Waals surface area contributed by atoms with E-state index in [1.165, 1.54) is 25.7 Å². The molecule has 0 atom stereocenters. The number of ether oxygens (including phenoxy) is 2. The maximum absolute atomic E-state index is 5.50. The second-order valence-electron chi connectivity index (χ2n) is 6.58. The third-order valence-electron chi connectivity index (χ3n) is 5.29. The molecule has 1 saturated carbocycles. The fourth-order valence-electron chi connectivity index (χ4n) is 3.80. The number of rotatable bonds is 4. The molecule has 5 heteroatoms. The van der Waals surface area contributed by atoms with Crippen LogP contribution < -0.4 is 14.8 Å². The van der Waals surface area contributed by atoms with Crippen LogP contribution in [0.15, 0.2) is 23.2 Å². The van der Waals surface area contributed by atoms with Crippen LogP contribution in [0.1, 0.15) is 31.2 Å². The molecular weight excluding hydrogens is 290 g/mol. The van der Waals surface area contributed by atoms with Crippen molar-refractivity contribution in [1.29, 1.82) is 0 Å². The smallest absolute Gasteiger partial charge is 0.193 e. The summed E-state index contributed by atoms with van der Waals surface area (Å²) in [6.45, 7) is 2.92. The predicted octanol–water partition coefficient (Wildman–Crippen LogP) is 2.66. The van der Waals surface area contributed by atoms with Gasteiger partial charge >= 0.3 is 0 Å². The number of hydrogen-bond donors (Lipinski definition) is 1. The van der Waals surface area contributed by atoms with Gasteiger partial charge in [0.05, 0.1) is 14.2 Å². The summed E-state index contributed by atoms with van der Waals surface area (Å²) in [5, 5.41) is 3.48. The van der Waals surface area contributed by atoms with E-state index in [0.29, 0.717) is 12.0 Å². The molecule has 1 N–H and O–H groups in total. The first-order valence-electron chi connectivity index (χ1n) is 8.37. The Labute approximate surface area is 138 Å². The van der Waals surface area contributed by atoms with Crippen LogP contribution in [0.4, 0.5) is 0 Å². The van der Waals surface area contributed by atoms with Crippen molar-refractivity contribution in [2.24, 2.45) is 10.4 Å². The Morgan fingerprint density at radius 1 is 1.26 bits per heavy atom. The summed E-state index contributed by atoms with van der Waals surface area (Å²) < 4.78 is 10.9. The number of benzene rings is 1. The molecule has 2 fully saturated rings. The summed E-state index contributed by atoms with van der Waals surface area (Å²) in [4.78, 5) is 6.86. The number of likely N-dealkylation sites (tertiary alicyclic amines) is 1. The van der Waals surface area contributed by atoms with E-state index in [-0.39, 0.29) is 0 Å². The zero-order valence-corrected chi connectivity index (χ0v) is 14.4. The van der Waals surface area contributed by atoms with Gasteiger partial charge < -0.3 is 19.7 Å². The number of hydrogen-bond acceptors (Lipinski definition) is 3. The molecule has 1 aliphatic heterocycles. The molecule has 1 saturated heterocycles. The molecule has 1 aliphatic carbocycles. The molecule has 0 unspecified atom stereocenters. The van der Waals surface area contributed by atoms with Crippen molar-refractivity contribution >= 4 is 5.96 Å². The molecular formula is C18H27N3O2. The van der Waals surface area contributed by atoms with Crippen LogP contribution in [0.2, 0.25) is 0 Å². The molecule has 0 aromatic heterocycles. The van der Waals surface area contributed by atoms with E-state index in [0.717, 1.165) is 36.1 Å². The van der Waals surface area contributed by atoms with Gasteiger partial charge in [-0.05, 0) is 30.7 Å². The van der Waals surface area contributed by atoms with Crippen molar-refractivity contribution in [2.75, 3.05) is 34.4 Å². The zero-order chi connectivity index (χ0) is 16.3. The van der Waals surface area contributed by atoms with Crippen molar-refractivity contribution in [3.63, 3.8) is 0 Å². The Balaban J connectivity index is 1.65. The van der Waals surface area contributed by atoms with Crippen molar-refractivity contribution in [2.45, 2.75) is 32.2 Å². The first-order chi connectivity index (χ1) is 11.2. The van der Waals surface area contributed by atoms with E-state index in [1.807, 2.05) is 19.2 Å². The summed E-state index contributed by atoms with van der Waals surface area (Å²) in [5.41, 5.74) is 1.65. The third kappa shape index (κ3) is 3.09. The topological polar surface area (TPSA) is 46.1 Å². The molecule has 1 spiro atoms. The number of nitrogens with one attached hydrogen (secondary N) is 1. The van der Waals surface area contributed by atoms with Gasteiger partial charge in [0.25, 0.3) is 0 Å². The molecule has 1 heterocycles. The van der Waals surface area contributed by atoms with E-state index in [2.05, 4.69) is 21.3 Å². The van der Waals surface area contributed by atoms with E-state index >= 15 is 0 Å². The highest BCUT2D eigenvalue weighted by molar-refractivity contribution is 5.80. The van der Waals surface area contributed by atoms with Gasteiger partial charge in [-0.15, -0.1) is 0 Å². The Hall–Kier alpha value is -1.91. The van der Waals surface area contributed by atoms with E-state index < -0.39 is 0 Å². The van der Waals surface area contributed by atoms with E-state index in [4.69, 9.17) is 9.47 Å². The lowest BCUT2D eigenvalue weighted by atomic mass is 9.68. The second-order valence-corrected chi connectivity index (χ2v) is 6.58. The lowest BCUT2D eigenvalue weighted by Crippen LogP contribution is -2.42. The summed E-state index contributed by atoms with van der Waals surface area (Å²) >= 11 is 0. The van der Waals surface area contributed by atoms with E-state index in [9.17, 15) is 0 Å². The van der Waals surface area contributed by atoms with Gasteiger partial charge in [-0.25, -0.2) is 0 Å². The number of nitrogens with zero attached hydrogens (tertiary/aromatic N) is 2. The normalized spacial score (nSPS) is 19.6. The Morgan fingerprint density at radius 3 is 2.65 bits per heavy atom. The molecule has 0 radical (unpaired) electrons. The Bertz CT molecular complexity index is 582. The highest BCUT2D eigenvalue weighted by Gasteiger charge is 2.43. The average Bonchev–Trinajstić information content (AvgIpc) is 3.01. The summed E-state index contributed by atoms with van der Waals surface area (Å²) in [6.07, 6.45) is 5.45. The van der Waals surface area contributed by atoms with Gasteiger partial charge in [0.1, 0.15) is 0 Å². The number of methoxy groups -OCH3 is 2. The Morgan fingerprint density at radius 2 is 2.09 bits per heavy atom. The van der Waals surface area contributed by atoms with Gasteiger partial charge in [0.15, 0.2) is 17.5 Å². The standard InChI is InChI=1S/C18H27N3O2/c1-19-17(21-11-10-18(13-21)8-5-9-18)20-12-14-6-4-7-15(22-2)16(14)23-3/h4,6-7H,5,8-13H2,1-3H3,(H,19,20). The van der Waals surface area contributed by atoms with Gasteiger partial charge in [0, 0.05) is 32.2 Å². The lowest BCUT2D eigenvalue weighted by Gasteiger charge is -2.38. The molecule has 2 aliphatic rings. The minimum atomic E-state index is 0.575. The maximum atomic E-state index is 5.50. The van der Waals surface area contributed by atoms with Crippen LogP contribution in [0.25, 0.3) is 0 Å². The quantitative estimate of drug-likeness (QED) is 0.685. The molecule has 5 nitrogen and oxygen atoms in total. The molecule has 0 bridgehead atoms. The van der Waals surface area contributed by atoms with Crippen LogP contribution in [-0.2, 0) is 6.54 Å². The summed E-state index contributed by atoms with van der Waals surface area (Å²) in [6, 6.07) is 5.96. The van der Waals surface area contributed by atoms with Crippen LogP contribution in [0, 0.1) is 5.41 Å². The van der Waals surface area contributed by atoms with Gasteiger partial charge in [-0.1, -0.05) is 18.6 Å². The van der Waals surface area contributed by atoms with Crippen molar-refractivity contribution in [1.82, 2.24) is 10.2 Å². The number of aliphatic imine (C=N–C) groups is 1. The highest BCUT2D eigenvalue weighted by Crippen LogP contribution is 2.47. The second kappa shape index (κ2) is 6.69. The molecule has 1 aromatic carbocycles. The maximum Gasteiger partial charge on any atom is 0.193 e. The monoisotopic (exact) mass is 317 g/mol. The molecule has 23 heavy (non-hydrogen) atoms. The van der Waals surface area contributed by atoms with E-state index in [1.54, 1.807) is 14.2 Å².